The average Bonchev–Trinajstić information content (AvgIpc) is 2.94. The second kappa shape index (κ2) is 9.32. The normalized spacial score (nSPS) is 10.5. The summed E-state index contributed by atoms with van der Waals surface area (Å²) in [7, 11) is 1.71. The Morgan fingerprint density at radius 2 is 1.80 bits per heavy atom. The van der Waals surface area contributed by atoms with E-state index < -0.39 is 18.5 Å². The molecule has 0 saturated carbocycles. The number of carbonyl (C=O) groups excluding carboxylic acids is 2. The number of para-hydroxylation sites is 1. The lowest BCUT2D eigenvalue weighted by Gasteiger charge is -2.08. The SMILES string of the molecule is Cc1c(NC(=O)COC(=O)COc2cccc(Cl)c2)c(=O)n(-c2ccccc2)n1C. The first-order valence-electron chi connectivity index (χ1n) is 9.04. The summed E-state index contributed by atoms with van der Waals surface area (Å²) in [4.78, 5) is 36.8. The van der Waals surface area contributed by atoms with E-state index in [1.165, 1.54) is 4.68 Å². The summed E-state index contributed by atoms with van der Waals surface area (Å²) in [5.41, 5.74) is 0.966. The molecule has 2 aromatic carbocycles. The summed E-state index contributed by atoms with van der Waals surface area (Å²) >= 11 is 5.84. The van der Waals surface area contributed by atoms with Gasteiger partial charge in [-0.25, -0.2) is 9.48 Å². The molecule has 1 heterocycles. The first-order valence-corrected chi connectivity index (χ1v) is 9.42. The molecule has 156 valence electrons. The highest BCUT2D eigenvalue weighted by molar-refractivity contribution is 6.30. The molecule has 9 heteroatoms. The molecule has 0 spiro atoms. The minimum atomic E-state index is -0.725. The zero-order chi connectivity index (χ0) is 21.7. The highest BCUT2D eigenvalue weighted by Crippen LogP contribution is 2.17. The fourth-order valence-electron chi connectivity index (χ4n) is 2.77. The van der Waals surface area contributed by atoms with Gasteiger partial charge in [0.05, 0.1) is 11.4 Å². The zero-order valence-electron chi connectivity index (χ0n) is 16.4. The third kappa shape index (κ3) is 4.90. The van der Waals surface area contributed by atoms with Gasteiger partial charge in [-0.05, 0) is 37.3 Å². The fourth-order valence-corrected chi connectivity index (χ4v) is 2.95. The summed E-state index contributed by atoms with van der Waals surface area (Å²) in [6.07, 6.45) is 0. The van der Waals surface area contributed by atoms with E-state index in [4.69, 9.17) is 21.1 Å². The molecule has 3 rings (SSSR count). The van der Waals surface area contributed by atoms with Crippen LogP contribution in [0, 0.1) is 6.92 Å². The van der Waals surface area contributed by atoms with Gasteiger partial charge in [0.1, 0.15) is 11.4 Å². The number of rotatable bonds is 7. The van der Waals surface area contributed by atoms with Crippen molar-refractivity contribution in [3.8, 4) is 11.4 Å². The predicted octanol–water partition coefficient (Wildman–Crippen LogP) is 2.70. The van der Waals surface area contributed by atoms with Gasteiger partial charge in [-0.2, -0.15) is 0 Å². The molecule has 0 atom stereocenters. The van der Waals surface area contributed by atoms with Crippen molar-refractivity contribution in [2.45, 2.75) is 6.92 Å². The molecule has 1 N–H and O–H groups in total. The molecule has 0 unspecified atom stereocenters. The van der Waals surface area contributed by atoms with Gasteiger partial charge in [0, 0.05) is 12.1 Å². The molecule has 1 amide bonds. The van der Waals surface area contributed by atoms with Crippen molar-refractivity contribution in [2.24, 2.45) is 7.05 Å². The van der Waals surface area contributed by atoms with Gasteiger partial charge in [-0.3, -0.25) is 14.3 Å². The maximum Gasteiger partial charge on any atom is 0.344 e. The Morgan fingerprint density at radius 3 is 2.50 bits per heavy atom. The minimum absolute atomic E-state index is 0.123. The summed E-state index contributed by atoms with van der Waals surface area (Å²) in [6.45, 7) is 0.789. The Morgan fingerprint density at radius 1 is 1.07 bits per heavy atom. The Hall–Kier alpha value is -3.52. The van der Waals surface area contributed by atoms with Gasteiger partial charge in [-0.15, -0.1) is 0 Å². The van der Waals surface area contributed by atoms with Crippen LogP contribution in [0.15, 0.2) is 59.4 Å². The molecule has 0 bridgehead atoms. The van der Waals surface area contributed by atoms with E-state index >= 15 is 0 Å². The molecule has 30 heavy (non-hydrogen) atoms. The average molecular weight is 430 g/mol. The Balaban J connectivity index is 1.59. The lowest BCUT2D eigenvalue weighted by Crippen LogP contribution is -2.27. The standard InChI is InChI=1S/C21H20ClN3O5/c1-14-20(21(28)25(24(14)2)16-8-4-3-5-9-16)23-18(26)12-30-19(27)13-29-17-10-6-7-15(22)11-17/h3-11H,12-13H2,1-2H3,(H,23,26). The van der Waals surface area contributed by atoms with Gasteiger partial charge in [0.2, 0.25) is 0 Å². The smallest absolute Gasteiger partial charge is 0.344 e. The molecule has 8 nitrogen and oxygen atoms in total. The van der Waals surface area contributed by atoms with E-state index in [0.717, 1.165) is 0 Å². The van der Waals surface area contributed by atoms with Crippen molar-refractivity contribution in [3.05, 3.63) is 75.7 Å². The van der Waals surface area contributed by atoms with E-state index in [2.05, 4.69) is 5.32 Å². The topological polar surface area (TPSA) is 91.6 Å². The van der Waals surface area contributed by atoms with Gasteiger partial charge in [0.25, 0.3) is 11.5 Å². The molecule has 0 saturated heterocycles. The van der Waals surface area contributed by atoms with E-state index in [1.807, 2.05) is 18.2 Å². The predicted molar refractivity (Wildman–Crippen MR) is 112 cm³/mol. The summed E-state index contributed by atoms with van der Waals surface area (Å²) in [6, 6.07) is 15.6. The maximum absolute atomic E-state index is 12.8. The minimum Gasteiger partial charge on any atom is -0.482 e. The van der Waals surface area contributed by atoms with Crippen LogP contribution in [0.25, 0.3) is 5.69 Å². The van der Waals surface area contributed by atoms with Crippen molar-refractivity contribution < 1.29 is 19.1 Å². The van der Waals surface area contributed by atoms with Gasteiger partial charge >= 0.3 is 5.97 Å². The highest BCUT2D eigenvalue weighted by Gasteiger charge is 2.18. The molecular weight excluding hydrogens is 410 g/mol. The number of nitrogens with one attached hydrogen (secondary N) is 1. The third-order valence-electron chi connectivity index (χ3n) is 4.34. The van der Waals surface area contributed by atoms with Crippen LogP contribution >= 0.6 is 11.6 Å². The zero-order valence-corrected chi connectivity index (χ0v) is 17.2. The number of benzene rings is 2. The molecule has 3 aromatic rings. The first-order chi connectivity index (χ1) is 14.4. The lowest BCUT2D eigenvalue weighted by atomic mass is 10.3. The second-order valence-electron chi connectivity index (χ2n) is 6.39. The number of halogens is 1. The Bertz CT molecular complexity index is 1120. The van der Waals surface area contributed by atoms with E-state index in [9.17, 15) is 14.4 Å². The maximum atomic E-state index is 12.8. The Kier molecular flexibility index (Phi) is 6.58. The number of hydrogen-bond acceptors (Lipinski definition) is 5. The van der Waals surface area contributed by atoms with Crippen molar-refractivity contribution in [3.63, 3.8) is 0 Å². The second-order valence-corrected chi connectivity index (χ2v) is 6.83. The van der Waals surface area contributed by atoms with Crippen LogP contribution in [0.5, 0.6) is 5.75 Å². The van der Waals surface area contributed by atoms with E-state index in [-0.39, 0.29) is 17.9 Å². The Labute approximate surface area is 177 Å². The molecule has 0 aliphatic rings. The van der Waals surface area contributed by atoms with Gasteiger partial charge in [-0.1, -0.05) is 35.9 Å². The number of hydrogen-bond donors (Lipinski definition) is 1. The van der Waals surface area contributed by atoms with Crippen molar-refractivity contribution in [1.29, 1.82) is 0 Å². The highest BCUT2D eigenvalue weighted by atomic mass is 35.5. The van der Waals surface area contributed by atoms with E-state index in [0.29, 0.717) is 22.2 Å². The van der Waals surface area contributed by atoms with Crippen molar-refractivity contribution >= 4 is 29.2 Å². The van der Waals surface area contributed by atoms with Crippen molar-refractivity contribution in [2.75, 3.05) is 18.5 Å². The van der Waals surface area contributed by atoms with Crippen molar-refractivity contribution in [1.82, 2.24) is 9.36 Å². The molecular formula is C21H20ClN3O5. The summed E-state index contributed by atoms with van der Waals surface area (Å²) in [5, 5.41) is 2.99. The molecule has 0 radical (unpaired) electrons. The monoisotopic (exact) mass is 429 g/mol. The number of amides is 1. The van der Waals surface area contributed by atoms with Crippen LogP contribution in [-0.4, -0.2) is 34.5 Å². The number of anilines is 1. The number of ether oxygens (including phenoxy) is 2. The number of carbonyl (C=O) groups is 2. The number of esters is 1. The van der Waals surface area contributed by atoms with E-state index in [1.54, 1.807) is 55.1 Å². The lowest BCUT2D eigenvalue weighted by molar-refractivity contribution is -0.149. The number of aromatic nitrogens is 2. The quantitative estimate of drug-likeness (QED) is 0.583. The van der Waals surface area contributed by atoms with Crippen LogP contribution in [0.2, 0.25) is 5.02 Å². The molecule has 0 aliphatic heterocycles. The van der Waals surface area contributed by atoms with Crippen LogP contribution in [-0.2, 0) is 21.4 Å². The van der Waals surface area contributed by atoms with Crippen LogP contribution in [0.3, 0.4) is 0 Å². The largest absolute Gasteiger partial charge is 0.482 e. The summed E-state index contributed by atoms with van der Waals surface area (Å²) in [5.74, 6) is -0.945. The number of nitrogens with zero attached hydrogens (tertiary/aromatic N) is 2. The van der Waals surface area contributed by atoms with Gasteiger partial charge < -0.3 is 14.8 Å². The van der Waals surface area contributed by atoms with Crippen LogP contribution in [0.1, 0.15) is 5.69 Å². The third-order valence-corrected chi connectivity index (χ3v) is 4.57. The molecule has 1 aromatic heterocycles. The molecule has 0 fully saturated rings. The van der Waals surface area contributed by atoms with Gasteiger partial charge in [0.15, 0.2) is 13.2 Å². The summed E-state index contributed by atoms with van der Waals surface area (Å²) < 4.78 is 13.2. The first kappa shape index (κ1) is 21.2. The van der Waals surface area contributed by atoms with Crippen LogP contribution < -0.4 is 15.6 Å². The van der Waals surface area contributed by atoms with Crippen LogP contribution in [0.4, 0.5) is 5.69 Å². The molecule has 0 aliphatic carbocycles. The fraction of sp³-hybridized carbons (Fsp3) is 0.190.